The number of aldehydes is 1. The Morgan fingerprint density at radius 1 is 1.38 bits per heavy atom. The van der Waals surface area contributed by atoms with E-state index in [2.05, 4.69) is 0 Å². The van der Waals surface area contributed by atoms with E-state index < -0.39 is 17.2 Å². The lowest BCUT2D eigenvalue weighted by molar-refractivity contribution is -0.423. The van der Waals surface area contributed by atoms with Gasteiger partial charge >= 0.3 is 5.97 Å². The molecule has 0 radical (unpaired) electrons. The van der Waals surface area contributed by atoms with Gasteiger partial charge in [-0.2, -0.15) is 0 Å². The molecule has 0 aromatic rings. The first-order chi connectivity index (χ1) is 7.40. The number of carbonyl (C=O) groups is 2. The summed E-state index contributed by atoms with van der Waals surface area (Å²) in [5.41, 5.74) is -2.07. The second-order valence-corrected chi connectivity index (χ2v) is 4.63. The Bertz CT molecular complexity index is 276. The fourth-order valence-corrected chi connectivity index (χ4v) is 1.69. The first-order valence-corrected chi connectivity index (χ1v) is 5.32. The van der Waals surface area contributed by atoms with Gasteiger partial charge in [-0.15, -0.1) is 0 Å². The van der Waals surface area contributed by atoms with Crippen molar-refractivity contribution >= 4 is 12.3 Å². The summed E-state index contributed by atoms with van der Waals surface area (Å²) in [5.74, 6) is -0.549. The van der Waals surface area contributed by atoms with Crippen molar-refractivity contribution in [3.8, 4) is 0 Å². The lowest BCUT2D eigenvalue weighted by atomic mass is 9.82. The second-order valence-electron chi connectivity index (χ2n) is 4.63. The number of methoxy groups -OCH3 is 1. The van der Waals surface area contributed by atoms with Gasteiger partial charge in [-0.25, -0.2) is 14.6 Å². The summed E-state index contributed by atoms with van der Waals surface area (Å²) in [6, 6.07) is 0. The van der Waals surface area contributed by atoms with Gasteiger partial charge < -0.3 is 9.53 Å². The Morgan fingerprint density at radius 3 is 2.31 bits per heavy atom. The van der Waals surface area contributed by atoms with Crippen molar-refractivity contribution in [2.45, 2.75) is 44.8 Å². The summed E-state index contributed by atoms with van der Waals surface area (Å²) < 4.78 is 4.72. The summed E-state index contributed by atoms with van der Waals surface area (Å²) in [6.45, 7) is 5.33. The maximum atomic E-state index is 11.7. The summed E-state index contributed by atoms with van der Waals surface area (Å²) in [5, 5.41) is 0. The van der Waals surface area contributed by atoms with E-state index in [-0.39, 0.29) is 5.92 Å². The van der Waals surface area contributed by atoms with Gasteiger partial charge in [-0.05, 0) is 25.7 Å². The molecule has 0 unspecified atom stereocenters. The predicted octanol–water partition coefficient (Wildman–Crippen LogP) is 1.25. The zero-order valence-corrected chi connectivity index (χ0v) is 10.1. The molecule has 1 fully saturated rings. The number of hydrogen-bond donors (Lipinski definition) is 0. The Kier molecular flexibility index (Phi) is 3.70. The third kappa shape index (κ3) is 2.10. The van der Waals surface area contributed by atoms with Crippen molar-refractivity contribution in [1.29, 1.82) is 0 Å². The Morgan fingerprint density at radius 2 is 2.00 bits per heavy atom. The highest BCUT2D eigenvalue weighted by Crippen LogP contribution is 2.37. The van der Waals surface area contributed by atoms with Crippen molar-refractivity contribution in [1.82, 2.24) is 0 Å². The van der Waals surface area contributed by atoms with Crippen LogP contribution in [0.4, 0.5) is 0 Å². The topological polar surface area (TPSA) is 61.8 Å². The van der Waals surface area contributed by atoms with Gasteiger partial charge in [0.1, 0.15) is 0 Å². The van der Waals surface area contributed by atoms with Crippen molar-refractivity contribution in [3.63, 3.8) is 0 Å². The van der Waals surface area contributed by atoms with Crippen molar-refractivity contribution in [2.24, 2.45) is 5.92 Å². The third-order valence-corrected chi connectivity index (χ3v) is 3.09. The van der Waals surface area contributed by atoms with Gasteiger partial charge in [0.2, 0.25) is 5.60 Å². The number of carbonyl (C=O) groups excluding carboxylic acids is 2. The molecule has 0 spiro atoms. The van der Waals surface area contributed by atoms with E-state index in [1.807, 2.05) is 13.8 Å². The molecule has 5 heteroatoms. The highest BCUT2D eigenvalue weighted by molar-refractivity contribution is 5.80. The fraction of sp³-hybridized carbons (Fsp3) is 0.818. The molecule has 0 N–H and O–H groups in total. The van der Waals surface area contributed by atoms with Crippen LogP contribution in [0.3, 0.4) is 0 Å². The Labute approximate surface area is 95.0 Å². The molecule has 0 aromatic carbocycles. The van der Waals surface area contributed by atoms with E-state index in [9.17, 15) is 9.59 Å². The number of hydrogen-bond acceptors (Lipinski definition) is 5. The Hall–Kier alpha value is -0.940. The average molecular weight is 230 g/mol. The van der Waals surface area contributed by atoms with Crippen LogP contribution in [-0.4, -0.2) is 30.6 Å². The summed E-state index contributed by atoms with van der Waals surface area (Å²) in [4.78, 5) is 32.7. The quantitative estimate of drug-likeness (QED) is 0.415. The summed E-state index contributed by atoms with van der Waals surface area (Å²) >= 11 is 0. The van der Waals surface area contributed by atoms with E-state index in [0.717, 1.165) is 0 Å². The predicted molar refractivity (Wildman–Crippen MR) is 55.5 cm³/mol. The van der Waals surface area contributed by atoms with Crippen molar-refractivity contribution < 1.29 is 24.1 Å². The van der Waals surface area contributed by atoms with Crippen LogP contribution in [0.25, 0.3) is 0 Å². The first-order valence-electron chi connectivity index (χ1n) is 5.32. The smallest absolute Gasteiger partial charge is 0.341 e. The van der Waals surface area contributed by atoms with E-state index in [1.165, 1.54) is 7.11 Å². The molecule has 0 saturated carbocycles. The zero-order chi connectivity index (χ0) is 12.4. The molecular formula is C11H18O5. The second kappa shape index (κ2) is 4.51. The normalized spacial score (nSPS) is 34.8. The molecule has 2 atom stereocenters. The van der Waals surface area contributed by atoms with Crippen LogP contribution >= 0.6 is 0 Å². The highest BCUT2D eigenvalue weighted by Gasteiger charge is 2.51. The highest BCUT2D eigenvalue weighted by atomic mass is 17.2. The summed E-state index contributed by atoms with van der Waals surface area (Å²) in [7, 11) is 1.31. The van der Waals surface area contributed by atoms with Crippen LogP contribution in [0.2, 0.25) is 0 Å². The van der Waals surface area contributed by atoms with Gasteiger partial charge in [-0.3, -0.25) is 0 Å². The molecule has 1 heterocycles. The maximum Gasteiger partial charge on any atom is 0.341 e. The molecule has 0 aromatic heterocycles. The minimum Gasteiger partial charge on any atom is -0.467 e. The van der Waals surface area contributed by atoms with Crippen LogP contribution < -0.4 is 0 Å². The van der Waals surface area contributed by atoms with E-state index in [0.29, 0.717) is 19.1 Å². The SMILES string of the molecule is COC(=O)[C@@]1(C(C)C)CC[C@@](C)(C=O)OO1. The molecule has 1 aliphatic rings. The van der Waals surface area contributed by atoms with Gasteiger partial charge in [0.25, 0.3) is 0 Å². The van der Waals surface area contributed by atoms with E-state index >= 15 is 0 Å². The van der Waals surface area contributed by atoms with Crippen LogP contribution in [0.5, 0.6) is 0 Å². The molecule has 16 heavy (non-hydrogen) atoms. The van der Waals surface area contributed by atoms with Gasteiger partial charge in [0.05, 0.1) is 7.11 Å². The Balaban J connectivity index is 2.86. The molecule has 1 saturated heterocycles. The maximum absolute atomic E-state index is 11.7. The van der Waals surface area contributed by atoms with Crippen LogP contribution in [0.1, 0.15) is 33.6 Å². The fourth-order valence-electron chi connectivity index (χ4n) is 1.69. The van der Waals surface area contributed by atoms with Crippen LogP contribution in [0.15, 0.2) is 0 Å². The molecule has 5 nitrogen and oxygen atoms in total. The van der Waals surface area contributed by atoms with E-state index in [4.69, 9.17) is 14.5 Å². The molecule has 0 bridgehead atoms. The van der Waals surface area contributed by atoms with Gasteiger partial charge in [0.15, 0.2) is 11.9 Å². The average Bonchev–Trinajstić information content (AvgIpc) is 2.29. The molecule has 1 aliphatic heterocycles. The van der Waals surface area contributed by atoms with Gasteiger partial charge in [-0.1, -0.05) is 13.8 Å². The number of rotatable bonds is 3. The van der Waals surface area contributed by atoms with Crippen LogP contribution in [0, 0.1) is 5.92 Å². The van der Waals surface area contributed by atoms with E-state index in [1.54, 1.807) is 6.92 Å². The summed E-state index contributed by atoms with van der Waals surface area (Å²) in [6.07, 6.45) is 1.53. The number of esters is 1. The van der Waals surface area contributed by atoms with Crippen molar-refractivity contribution in [2.75, 3.05) is 7.11 Å². The third-order valence-electron chi connectivity index (χ3n) is 3.09. The molecule has 0 aliphatic carbocycles. The van der Waals surface area contributed by atoms with Crippen LogP contribution in [-0.2, 0) is 24.1 Å². The number of ether oxygens (including phenoxy) is 1. The molecule has 0 amide bonds. The molecular weight excluding hydrogens is 212 g/mol. The minimum absolute atomic E-state index is 0.0869. The standard InChI is InChI=1S/C11H18O5/c1-8(2)11(9(13)14-4)6-5-10(3,7-12)15-16-11/h7-8H,5-6H2,1-4H3/t10-,11-/m0/s1. The lowest BCUT2D eigenvalue weighted by Gasteiger charge is -2.41. The van der Waals surface area contributed by atoms with Crippen molar-refractivity contribution in [3.05, 3.63) is 0 Å². The lowest BCUT2D eigenvalue weighted by Crippen LogP contribution is -2.54. The molecule has 1 rings (SSSR count). The van der Waals surface area contributed by atoms with Gasteiger partial charge in [0, 0.05) is 0 Å². The first kappa shape index (κ1) is 13.1. The largest absolute Gasteiger partial charge is 0.467 e. The monoisotopic (exact) mass is 230 g/mol. The minimum atomic E-state index is -1.10. The zero-order valence-electron chi connectivity index (χ0n) is 10.1. The molecule has 92 valence electrons.